The second-order valence-electron chi connectivity index (χ2n) is 4.71. The molecule has 0 saturated carbocycles. The summed E-state index contributed by atoms with van der Waals surface area (Å²) in [6, 6.07) is 9.96. The monoisotopic (exact) mass is 377 g/mol. The Labute approximate surface area is 137 Å². The predicted octanol–water partition coefficient (Wildman–Crippen LogP) is 3.65. The van der Waals surface area contributed by atoms with Gasteiger partial charge >= 0.3 is 5.63 Å². The summed E-state index contributed by atoms with van der Waals surface area (Å²) in [5.41, 5.74) is -1.27. The summed E-state index contributed by atoms with van der Waals surface area (Å²) in [7, 11) is 0. The Bertz CT molecular complexity index is 966. The van der Waals surface area contributed by atoms with E-state index in [1.165, 1.54) is 6.07 Å². The van der Waals surface area contributed by atoms with Gasteiger partial charge in [-0.05, 0) is 36.4 Å². The molecule has 1 amide bonds. The van der Waals surface area contributed by atoms with E-state index >= 15 is 0 Å². The molecular formula is C16H9BrFNO4. The van der Waals surface area contributed by atoms with E-state index in [0.717, 1.165) is 16.6 Å². The first-order chi connectivity index (χ1) is 11.0. The topological polar surface area (TPSA) is 79.5 Å². The number of halogens is 2. The molecule has 7 heteroatoms. The van der Waals surface area contributed by atoms with Crippen molar-refractivity contribution in [2.75, 3.05) is 5.32 Å². The van der Waals surface area contributed by atoms with Crippen molar-refractivity contribution in [3.63, 3.8) is 0 Å². The second-order valence-corrected chi connectivity index (χ2v) is 5.63. The number of anilines is 1. The van der Waals surface area contributed by atoms with Gasteiger partial charge in [-0.25, -0.2) is 9.18 Å². The minimum atomic E-state index is -1.05. The van der Waals surface area contributed by atoms with Crippen LogP contribution in [0.5, 0.6) is 5.75 Å². The molecule has 3 aromatic rings. The standard InChI is InChI=1S/C16H9BrFNO4/c17-8-1-4-10(5-2-8)19-15(21)13-14(20)11-6-3-9(18)7-12(11)23-16(13)22/h1-7,20H,(H,19,21). The third kappa shape index (κ3) is 2.95. The third-order valence-corrected chi connectivity index (χ3v) is 3.70. The fourth-order valence-electron chi connectivity index (χ4n) is 2.09. The number of nitrogens with one attached hydrogen (secondary N) is 1. The second kappa shape index (κ2) is 5.85. The highest BCUT2D eigenvalue weighted by Gasteiger charge is 2.21. The number of hydrogen-bond donors (Lipinski definition) is 2. The highest BCUT2D eigenvalue weighted by atomic mass is 79.9. The Morgan fingerprint density at radius 1 is 1.17 bits per heavy atom. The molecule has 0 aliphatic rings. The van der Waals surface area contributed by atoms with Crippen LogP contribution in [-0.2, 0) is 0 Å². The van der Waals surface area contributed by atoms with Gasteiger partial charge in [0.2, 0.25) is 0 Å². The minimum absolute atomic E-state index is 0.0759. The van der Waals surface area contributed by atoms with Crippen LogP contribution in [0.25, 0.3) is 11.0 Å². The van der Waals surface area contributed by atoms with Gasteiger partial charge in [0.05, 0.1) is 5.39 Å². The van der Waals surface area contributed by atoms with Gasteiger partial charge in [-0.3, -0.25) is 4.79 Å². The van der Waals surface area contributed by atoms with Gasteiger partial charge in [0.25, 0.3) is 5.91 Å². The van der Waals surface area contributed by atoms with E-state index in [0.29, 0.717) is 5.69 Å². The Kier molecular flexibility index (Phi) is 3.87. The molecule has 0 atom stereocenters. The summed E-state index contributed by atoms with van der Waals surface area (Å²) < 4.78 is 18.9. The van der Waals surface area contributed by atoms with Crippen molar-refractivity contribution in [2.24, 2.45) is 0 Å². The highest BCUT2D eigenvalue weighted by Crippen LogP contribution is 2.27. The first-order valence-corrected chi connectivity index (χ1v) is 7.27. The lowest BCUT2D eigenvalue weighted by molar-refractivity contribution is 0.102. The molecule has 5 nitrogen and oxygen atoms in total. The lowest BCUT2D eigenvalue weighted by Gasteiger charge is -2.07. The first kappa shape index (κ1) is 15.2. The molecule has 0 saturated heterocycles. The quantitative estimate of drug-likeness (QED) is 0.668. The van der Waals surface area contributed by atoms with E-state index in [1.54, 1.807) is 24.3 Å². The Balaban J connectivity index is 2.05. The van der Waals surface area contributed by atoms with E-state index in [4.69, 9.17) is 4.42 Å². The molecule has 1 aromatic heterocycles. The first-order valence-electron chi connectivity index (χ1n) is 6.48. The molecule has 116 valence electrons. The van der Waals surface area contributed by atoms with E-state index in [-0.39, 0.29) is 11.0 Å². The van der Waals surface area contributed by atoms with Crippen molar-refractivity contribution >= 4 is 38.5 Å². The molecule has 0 aliphatic heterocycles. The SMILES string of the molecule is O=C(Nc1ccc(Br)cc1)c1c(O)c2ccc(F)cc2oc1=O. The van der Waals surface area contributed by atoms with Gasteiger partial charge in [0.15, 0.2) is 5.56 Å². The molecule has 0 aliphatic carbocycles. The number of rotatable bonds is 2. The van der Waals surface area contributed by atoms with Crippen LogP contribution in [0, 0.1) is 5.82 Å². The Hall–Kier alpha value is -2.67. The van der Waals surface area contributed by atoms with Gasteiger partial charge < -0.3 is 14.8 Å². The van der Waals surface area contributed by atoms with Gasteiger partial charge in [0.1, 0.15) is 17.1 Å². The van der Waals surface area contributed by atoms with Crippen LogP contribution in [0.15, 0.2) is 56.1 Å². The van der Waals surface area contributed by atoms with Gasteiger partial charge in [0, 0.05) is 16.2 Å². The Morgan fingerprint density at radius 2 is 1.87 bits per heavy atom. The van der Waals surface area contributed by atoms with E-state index in [9.17, 15) is 19.1 Å². The number of benzene rings is 2. The molecule has 23 heavy (non-hydrogen) atoms. The summed E-state index contributed by atoms with van der Waals surface area (Å²) in [6.07, 6.45) is 0. The highest BCUT2D eigenvalue weighted by molar-refractivity contribution is 9.10. The molecule has 0 spiro atoms. The molecule has 0 bridgehead atoms. The molecule has 0 radical (unpaired) electrons. The summed E-state index contributed by atoms with van der Waals surface area (Å²) in [6.45, 7) is 0. The van der Waals surface area contributed by atoms with Crippen LogP contribution in [0.4, 0.5) is 10.1 Å². The lowest BCUT2D eigenvalue weighted by Crippen LogP contribution is -2.21. The summed E-state index contributed by atoms with van der Waals surface area (Å²) in [4.78, 5) is 24.2. The number of aromatic hydroxyl groups is 1. The fourth-order valence-corrected chi connectivity index (χ4v) is 2.35. The van der Waals surface area contributed by atoms with Crippen LogP contribution < -0.4 is 10.9 Å². The van der Waals surface area contributed by atoms with Crippen molar-refractivity contribution < 1.29 is 18.7 Å². The molecule has 2 aromatic carbocycles. The van der Waals surface area contributed by atoms with Crippen molar-refractivity contribution in [2.45, 2.75) is 0 Å². The maximum atomic E-state index is 13.2. The lowest BCUT2D eigenvalue weighted by atomic mass is 10.1. The van der Waals surface area contributed by atoms with E-state index < -0.39 is 28.7 Å². The zero-order valence-electron chi connectivity index (χ0n) is 11.5. The van der Waals surface area contributed by atoms with E-state index in [1.807, 2.05) is 0 Å². The average Bonchev–Trinajstić information content (AvgIpc) is 2.49. The van der Waals surface area contributed by atoms with E-state index in [2.05, 4.69) is 21.2 Å². The molecule has 2 N–H and O–H groups in total. The van der Waals surface area contributed by atoms with Crippen LogP contribution in [0.2, 0.25) is 0 Å². The van der Waals surface area contributed by atoms with Gasteiger partial charge in [-0.2, -0.15) is 0 Å². The van der Waals surface area contributed by atoms with Crippen LogP contribution >= 0.6 is 15.9 Å². The van der Waals surface area contributed by atoms with Crippen LogP contribution in [-0.4, -0.2) is 11.0 Å². The van der Waals surface area contributed by atoms with Crippen LogP contribution in [0.1, 0.15) is 10.4 Å². The van der Waals surface area contributed by atoms with Gasteiger partial charge in [-0.1, -0.05) is 15.9 Å². The predicted molar refractivity (Wildman–Crippen MR) is 86.2 cm³/mol. The van der Waals surface area contributed by atoms with Crippen molar-refractivity contribution in [3.05, 3.63) is 68.7 Å². The fraction of sp³-hybridized carbons (Fsp3) is 0. The summed E-state index contributed by atoms with van der Waals surface area (Å²) in [5.74, 6) is -1.98. The largest absolute Gasteiger partial charge is 0.506 e. The normalized spacial score (nSPS) is 10.7. The van der Waals surface area contributed by atoms with Crippen molar-refractivity contribution in [3.8, 4) is 5.75 Å². The number of hydrogen-bond acceptors (Lipinski definition) is 4. The maximum Gasteiger partial charge on any atom is 0.353 e. The zero-order chi connectivity index (χ0) is 16.6. The third-order valence-electron chi connectivity index (χ3n) is 3.17. The van der Waals surface area contributed by atoms with Crippen molar-refractivity contribution in [1.82, 2.24) is 0 Å². The number of fused-ring (bicyclic) bond motifs is 1. The molecule has 3 rings (SSSR count). The van der Waals surface area contributed by atoms with Crippen LogP contribution in [0.3, 0.4) is 0 Å². The molecule has 0 unspecified atom stereocenters. The smallest absolute Gasteiger partial charge is 0.353 e. The Morgan fingerprint density at radius 3 is 2.57 bits per heavy atom. The molecule has 0 fully saturated rings. The zero-order valence-corrected chi connectivity index (χ0v) is 13.1. The van der Waals surface area contributed by atoms with Gasteiger partial charge in [-0.15, -0.1) is 0 Å². The molecule has 1 heterocycles. The number of amides is 1. The number of carbonyl (C=O) groups excluding carboxylic acids is 1. The maximum absolute atomic E-state index is 13.2. The summed E-state index contributed by atoms with van der Waals surface area (Å²) in [5, 5.41) is 12.7. The number of carbonyl (C=O) groups is 1. The summed E-state index contributed by atoms with van der Waals surface area (Å²) >= 11 is 3.26. The average molecular weight is 378 g/mol. The van der Waals surface area contributed by atoms with Crippen molar-refractivity contribution in [1.29, 1.82) is 0 Å². The molecular weight excluding hydrogens is 369 g/mol. The minimum Gasteiger partial charge on any atom is -0.506 e.